The third-order valence-electron chi connectivity index (χ3n) is 4.27. The summed E-state index contributed by atoms with van der Waals surface area (Å²) in [5, 5.41) is 5.70. The molecule has 1 aliphatic heterocycles. The molecule has 1 saturated heterocycles. The number of anilines is 1. The van der Waals surface area contributed by atoms with Crippen molar-refractivity contribution in [3.8, 4) is 5.75 Å². The molecule has 148 valence electrons. The van der Waals surface area contributed by atoms with E-state index in [0.29, 0.717) is 17.9 Å². The summed E-state index contributed by atoms with van der Waals surface area (Å²) in [7, 11) is 1.58. The molecule has 0 aliphatic carbocycles. The third kappa shape index (κ3) is 5.72. The molecule has 2 atom stereocenters. The second kappa shape index (κ2) is 9.59. The number of aryl methyl sites for hydroxylation is 1. The Bertz CT molecular complexity index is 828. The fourth-order valence-electron chi connectivity index (χ4n) is 2.75. The van der Waals surface area contributed by atoms with E-state index in [1.807, 2.05) is 43.3 Å². The number of rotatable bonds is 7. The molecule has 1 heterocycles. The highest BCUT2D eigenvalue weighted by Crippen LogP contribution is 2.17. The molecule has 1 aliphatic rings. The predicted octanol–water partition coefficient (Wildman–Crippen LogP) is 1.79. The molecular weight excluding hydrogens is 376 g/mol. The van der Waals surface area contributed by atoms with Crippen LogP contribution in [-0.2, 0) is 16.0 Å². The smallest absolute Gasteiger partial charge is 0.240 e. The van der Waals surface area contributed by atoms with Gasteiger partial charge < -0.3 is 15.4 Å². The first-order chi connectivity index (χ1) is 13.5. The van der Waals surface area contributed by atoms with Crippen LogP contribution in [0.2, 0.25) is 0 Å². The first-order valence-electron chi connectivity index (χ1n) is 8.96. The summed E-state index contributed by atoms with van der Waals surface area (Å²) < 4.78 is 5.14. The van der Waals surface area contributed by atoms with E-state index in [9.17, 15) is 9.59 Å². The minimum atomic E-state index is -0.377. The molecule has 7 nitrogen and oxygen atoms in total. The highest BCUT2D eigenvalue weighted by molar-refractivity contribution is 8.00. The molecule has 0 radical (unpaired) electrons. The van der Waals surface area contributed by atoms with Gasteiger partial charge in [-0.05, 0) is 31.0 Å². The summed E-state index contributed by atoms with van der Waals surface area (Å²) in [5.74, 6) is 0.621. The van der Waals surface area contributed by atoms with Crippen LogP contribution in [-0.4, -0.2) is 36.2 Å². The minimum Gasteiger partial charge on any atom is -0.497 e. The lowest BCUT2D eigenvalue weighted by Crippen LogP contribution is -2.64. The van der Waals surface area contributed by atoms with E-state index >= 15 is 0 Å². The van der Waals surface area contributed by atoms with E-state index < -0.39 is 0 Å². The van der Waals surface area contributed by atoms with E-state index in [1.165, 1.54) is 17.3 Å². The van der Waals surface area contributed by atoms with Crippen molar-refractivity contribution in [3.63, 3.8) is 0 Å². The number of carbonyl (C=O) groups excluding carboxylic acids is 2. The zero-order valence-electron chi connectivity index (χ0n) is 15.8. The van der Waals surface area contributed by atoms with E-state index in [1.54, 1.807) is 19.2 Å². The van der Waals surface area contributed by atoms with Crippen LogP contribution < -0.4 is 26.2 Å². The van der Waals surface area contributed by atoms with Gasteiger partial charge in [-0.1, -0.05) is 35.9 Å². The van der Waals surface area contributed by atoms with Crippen LogP contribution in [0.1, 0.15) is 11.1 Å². The average molecular weight is 401 g/mol. The van der Waals surface area contributed by atoms with Gasteiger partial charge in [-0.3, -0.25) is 9.59 Å². The number of amides is 2. The van der Waals surface area contributed by atoms with Crippen molar-refractivity contribution in [3.05, 3.63) is 59.7 Å². The average Bonchev–Trinajstić information content (AvgIpc) is 2.70. The fourth-order valence-corrected chi connectivity index (χ4v) is 3.49. The first-order valence-corrected chi connectivity index (χ1v) is 10.0. The van der Waals surface area contributed by atoms with Crippen LogP contribution >= 0.6 is 11.8 Å². The van der Waals surface area contributed by atoms with Crippen LogP contribution in [0.5, 0.6) is 5.75 Å². The maximum atomic E-state index is 12.3. The molecule has 2 aromatic carbocycles. The van der Waals surface area contributed by atoms with Gasteiger partial charge in [0.05, 0.1) is 12.9 Å². The predicted molar refractivity (Wildman–Crippen MR) is 111 cm³/mol. The Labute approximate surface area is 168 Å². The Morgan fingerprint density at radius 3 is 2.68 bits per heavy atom. The van der Waals surface area contributed by atoms with Gasteiger partial charge in [-0.2, -0.15) is 0 Å². The quantitative estimate of drug-likeness (QED) is 0.567. The van der Waals surface area contributed by atoms with Gasteiger partial charge in [0.2, 0.25) is 11.8 Å². The van der Waals surface area contributed by atoms with Crippen molar-refractivity contribution >= 4 is 29.3 Å². The lowest BCUT2D eigenvalue weighted by Gasteiger charge is -2.31. The van der Waals surface area contributed by atoms with Gasteiger partial charge in [0.15, 0.2) is 0 Å². The minimum absolute atomic E-state index is 0.0926. The van der Waals surface area contributed by atoms with Gasteiger partial charge in [-0.15, -0.1) is 11.8 Å². The van der Waals surface area contributed by atoms with Crippen LogP contribution in [0.4, 0.5) is 5.69 Å². The zero-order valence-corrected chi connectivity index (χ0v) is 16.6. The molecule has 2 aromatic rings. The lowest BCUT2D eigenvalue weighted by molar-refractivity contribution is -0.125. The SMILES string of the molecule is COc1cccc(NC(=O)CSC2NNC(Cc3ccc(C)cc3)C(=O)N2)c1. The van der Waals surface area contributed by atoms with Crippen molar-refractivity contribution in [2.45, 2.75) is 24.9 Å². The Hall–Kier alpha value is -2.55. The molecule has 4 N–H and O–H groups in total. The highest BCUT2D eigenvalue weighted by atomic mass is 32.2. The molecule has 3 rings (SSSR count). The zero-order chi connectivity index (χ0) is 19.9. The molecule has 2 unspecified atom stereocenters. The Morgan fingerprint density at radius 2 is 1.96 bits per heavy atom. The molecule has 2 amide bonds. The third-order valence-corrected chi connectivity index (χ3v) is 5.27. The maximum absolute atomic E-state index is 12.3. The summed E-state index contributed by atoms with van der Waals surface area (Å²) in [5.41, 5.74) is 8.65. The normalized spacial score (nSPS) is 19.0. The molecule has 28 heavy (non-hydrogen) atoms. The van der Waals surface area contributed by atoms with Crippen LogP contribution in [0.15, 0.2) is 48.5 Å². The lowest BCUT2D eigenvalue weighted by atomic mass is 10.0. The van der Waals surface area contributed by atoms with E-state index in [-0.39, 0.29) is 29.1 Å². The summed E-state index contributed by atoms with van der Waals surface area (Å²) in [6.07, 6.45) is 0.590. The van der Waals surface area contributed by atoms with Crippen LogP contribution in [0.25, 0.3) is 0 Å². The number of carbonyl (C=O) groups is 2. The van der Waals surface area contributed by atoms with E-state index in [0.717, 1.165) is 5.56 Å². The van der Waals surface area contributed by atoms with E-state index in [4.69, 9.17) is 4.74 Å². The highest BCUT2D eigenvalue weighted by Gasteiger charge is 2.27. The largest absolute Gasteiger partial charge is 0.497 e. The molecule has 0 aromatic heterocycles. The molecule has 8 heteroatoms. The standard InChI is InChI=1S/C20H24N4O3S/c1-13-6-8-14(9-7-13)10-17-19(26)22-20(24-23-17)28-12-18(25)21-15-4-3-5-16(11-15)27-2/h3-9,11,17,20,23-24H,10,12H2,1-2H3,(H,21,25)(H,22,26). The molecule has 0 bridgehead atoms. The van der Waals surface area contributed by atoms with Gasteiger partial charge in [0, 0.05) is 11.8 Å². The number of nitrogens with one attached hydrogen (secondary N) is 4. The monoisotopic (exact) mass is 400 g/mol. The second-order valence-electron chi connectivity index (χ2n) is 6.51. The van der Waals surface area contributed by atoms with Crippen LogP contribution in [0.3, 0.4) is 0 Å². The van der Waals surface area contributed by atoms with Crippen molar-refractivity contribution in [1.82, 2.24) is 16.2 Å². The number of thioether (sulfide) groups is 1. The van der Waals surface area contributed by atoms with Crippen LogP contribution in [0, 0.1) is 6.92 Å². The number of benzene rings is 2. The van der Waals surface area contributed by atoms with Crippen molar-refractivity contribution in [2.24, 2.45) is 0 Å². The van der Waals surface area contributed by atoms with Crippen molar-refractivity contribution < 1.29 is 14.3 Å². The molecular formula is C20H24N4O3S. The number of ether oxygens (including phenoxy) is 1. The van der Waals surface area contributed by atoms with Crippen molar-refractivity contribution in [1.29, 1.82) is 0 Å². The molecule has 0 spiro atoms. The van der Waals surface area contributed by atoms with Gasteiger partial charge >= 0.3 is 0 Å². The number of hydrogen-bond acceptors (Lipinski definition) is 6. The Balaban J connectivity index is 1.43. The van der Waals surface area contributed by atoms with Gasteiger partial charge in [0.25, 0.3) is 0 Å². The first kappa shape index (κ1) is 20.2. The topological polar surface area (TPSA) is 91.5 Å². The maximum Gasteiger partial charge on any atom is 0.240 e. The molecule has 1 fully saturated rings. The number of hydrogen-bond donors (Lipinski definition) is 4. The van der Waals surface area contributed by atoms with E-state index in [2.05, 4.69) is 21.5 Å². The number of methoxy groups -OCH3 is 1. The Kier molecular flexibility index (Phi) is 6.91. The Morgan fingerprint density at radius 1 is 1.18 bits per heavy atom. The molecule has 0 saturated carbocycles. The summed E-state index contributed by atoms with van der Waals surface area (Å²) >= 11 is 1.30. The van der Waals surface area contributed by atoms with Gasteiger partial charge in [-0.25, -0.2) is 10.9 Å². The summed E-state index contributed by atoms with van der Waals surface area (Å²) in [6, 6.07) is 14.9. The number of hydrazine groups is 1. The summed E-state index contributed by atoms with van der Waals surface area (Å²) in [4.78, 5) is 24.5. The second-order valence-corrected chi connectivity index (χ2v) is 7.60. The van der Waals surface area contributed by atoms with Crippen molar-refractivity contribution in [2.75, 3.05) is 18.2 Å². The summed E-state index contributed by atoms with van der Waals surface area (Å²) in [6.45, 7) is 2.03. The fraction of sp³-hybridized carbons (Fsp3) is 0.300. The van der Waals surface area contributed by atoms with Gasteiger partial charge in [0.1, 0.15) is 17.3 Å².